The molecule has 0 fully saturated rings. The standard InChI is InChI=1S/C13H19NO/c1-10-5-7-12(8-6-10)9-13(3,14-4)11(2)15/h5-8,14H,9H2,1-4H3/t13-/m0/s1. The zero-order valence-electron chi connectivity index (χ0n) is 9.92. The largest absolute Gasteiger partial charge is 0.308 e. The summed E-state index contributed by atoms with van der Waals surface area (Å²) in [5, 5.41) is 3.09. The Morgan fingerprint density at radius 1 is 1.33 bits per heavy atom. The van der Waals surface area contributed by atoms with E-state index in [1.807, 2.05) is 14.0 Å². The maximum absolute atomic E-state index is 11.5. The van der Waals surface area contributed by atoms with Gasteiger partial charge in [0.25, 0.3) is 0 Å². The molecule has 0 radical (unpaired) electrons. The highest BCUT2D eigenvalue weighted by Gasteiger charge is 2.27. The summed E-state index contributed by atoms with van der Waals surface area (Å²) in [6.07, 6.45) is 0.735. The van der Waals surface area contributed by atoms with Crippen LogP contribution in [0.4, 0.5) is 0 Å². The van der Waals surface area contributed by atoms with E-state index < -0.39 is 5.54 Å². The van der Waals surface area contributed by atoms with Crippen LogP contribution in [0.25, 0.3) is 0 Å². The lowest BCUT2D eigenvalue weighted by Crippen LogP contribution is -2.48. The van der Waals surface area contributed by atoms with Gasteiger partial charge in [-0.2, -0.15) is 0 Å². The molecule has 0 aliphatic carbocycles. The zero-order chi connectivity index (χ0) is 11.5. The number of benzene rings is 1. The van der Waals surface area contributed by atoms with Crippen molar-refractivity contribution in [1.29, 1.82) is 0 Å². The third-order valence-electron chi connectivity index (χ3n) is 3.01. The Bertz CT molecular complexity index is 342. The highest BCUT2D eigenvalue weighted by molar-refractivity contribution is 5.85. The Hall–Kier alpha value is -1.15. The van der Waals surface area contributed by atoms with E-state index in [0.29, 0.717) is 0 Å². The first-order valence-electron chi connectivity index (χ1n) is 5.23. The molecule has 0 amide bonds. The van der Waals surface area contributed by atoms with Crippen LogP contribution < -0.4 is 5.32 Å². The minimum absolute atomic E-state index is 0.172. The van der Waals surface area contributed by atoms with Crippen molar-refractivity contribution in [3.63, 3.8) is 0 Å². The van der Waals surface area contributed by atoms with Gasteiger partial charge in [0.1, 0.15) is 5.78 Å². The van der Waals surface area contributed by atoms with E-state index in [1.54, 1.807) is 6.92 Å². The van der Waals surface area contributed by atoms with Gasteiger partial charge in [-0.25, -0.2) is 0 Å². The maximum Gasteiger partial charge on any atom is 0.149 e. The van der Waals surface area contributed by atoms with Crippen LogP contribution in [-0.2, 0) is 11.2 Å². The molecule has 1 N–H and O–H groups in total. The lowest BCUT2D eigenvalue weighted by molar-refractivity contribution is -0.122. The third kappa shape index (κ3) is 2.90. The quantitative estimate of drug-likeness (QED) is 0.815. The van der Waals surface area contributed by atoms with E-state index >= 15 is 0 Å². The predicted molar refractivity (Wildman–Crippen MR) is 63.0 cm³/mol. The first kappa shape index (κ1) is 11.9. The Morgan fingerprint density at radius 2 is 1.87 bits per heavy atom. The summed E-state index contributed by atoms with van der Waals surface area (Å²) in [6.45, 7) is 5.63. The number of aryl methyl sites for hydroxylation is 1. The molecule has 15 heavy (non-hydrogen) atoms. The Kier molecular flexibility index (Phi) is 3.64. The van der Waals surface area contributed by atoms with Gasteiger partial charge in [-0.3, -0.25) is 4.79 Å². The number of hydrogen-bond acceptors (Lipinski definition) is 2. The van der Waals surface area contributed by atoms with Crippen LogP contribution >= 0.6 is 0 Å². The molecule has 2 nitrogen and oxygen atoms in total. The van der Waals surface area contributed by atoms with Crippen molar-refractivity contribution < 1.29 is 4.79 Å². The van der Waals surface area contributed by atoms with E-state index in [9.17, 15) is 4.79 Å². The summed E-state index contributed by atoms with van der Waals surface area (Å²) in [5.41, 5.74) is 1.98. The Balaban J connectivity index is 2.84. The van der Waals surface area contributed by atoms with Crippen LogP contribution in [0.15, 0.2) is 24.3 Å². The van der Waals surface area contributed by atoms with Crippen molar-refractivity contribution in [2.24, 2.45) is 0 Å². The zero-order valence-corrected chi connectivity index (χ0v) is 9.92. The minimum atomic E-state index is -0.449. The molecule has 82 valence electrons. The van der Waals surface area contributed by atoms with E-state index in [4.69, 9.17) is 0 Å². The monoisotopic (exact) mass is 205 g/mol. The summed E-state index contributed by atoms with van der Waals surface area (Å²) in [7, 11) is 1.83. The SMILES string of the molecule is CN[C@@](C)(Cc1ccc(C)cc1)C(C)=O. The molecule has 0 bridgehead atoms. The fraction of sp³-hybridized carbons (Fsp3) is 0.462. The van der Waals surface area contributed by atoms with Crippen molar-refractivity contribution in [1.82, 2.24) is 5.32 Å². The second-order valence-corrected chi connectivity index (χ2v) is 4.30. The number of ketones is 1. The molecule has 2 heteroatoms. The molecular formula is C13H19NO. The van der Waals surface area contributed by atoms with Crippen molar-refractivity contribution in [2.75, 3.05) is 7.05 Å². The Labute approximate surface area is 91.7 Å². The lowest BCUT2D eigenvalue weighted by atomic mass is 9.89. The third-order valence-corrected chi connectivity index (χ3v) is 3.01. The molecule has 1 atom stereocenters. The van der Waals surface area contributed by atoms with Gasteiger partial charge in [-0.1, -0.05) is 29.8 Å². The van der Waals surface area contributed by atoms with Crippen LogP contribution in [0.2, 0.25) is 0 Å². The fourth-order valence-electron chi connectivity index (χ4n) is 1.50. The predicted octanol–water partition coefficient (Wildman–Crippen LogP) is 2.10. The number of carbonyl (C=O) groups excluding carboxylic acids is 1. The number of rotatable bonds is 4. The van der Waals surface area contributed by atoms with Gasteiger partial charge in [0.05, 0.1) is 5.54 Å². The number of Topliss-reactive ketones (excluding diaryl/α,β-unsaturated/α-hetero) is 1. The average molecular weight is 205 g/mol. The summed E-state index contributed by atoms with van der Waals surface area (Å²) in [4.78, 5) is 11.5. The van der Waals surface area contributed by atoms with Crippen molar-refractivity contribution in [3.8, 4) is 0 Å². The topological polar surface area (TPSA) is 29.1 Å². The number of nitrogens with one attached hydrogen (secondary N) is 1. The maximum atomic E-state index is 11.5. The van der Waals surface area contributed by atoms with Crippen LogP contribution in [0.3, 0.4) is 0 Å². The minimum Gasteiger partial charge on any atom is -0.308 e. The number of hydrogen-bond donors (Lipinski definition) is 1. The molecule has 0 saturated heterocycles. The number of carbonyl (C=O) groups is 1. The molecule has 0 aromatic heterocycles. The van der Waals surface area contributed by atoms with Crippen molar-refractivity contribution >= 4 is 5.78 Å². The van der Waals surface area contributed by atoms with Gasteiger partial charge in [0.2, 0.25) is 0 Å². The van der Waals surface area contributed by atoms with E-state index in [0.717, 1.165) is 6.42 Å². The lowest BCUT2D eigenvalue weighted by Gasteiger charge is -2.26. The van der Waals surface area contributed by atoms with E-state index in [1.165, 1.54) is 11.1 Å². The van der Waals surface area contributed by atoms with Gasteiger partial charge >= 0.3 is 0 Å². The number of likely N-dealkylation sites (N-methyl/N-ethyl adjacent to an activating group) is 1. The van der Waals surface area contributed by atoms with Crippen LogP contribution in [0, 0.1) is 6.92 Å². The summed E-state index contributed by atoms with van der Waals surface area (Å²) < 4.78 is 0. The molecule has 0 unspecified atom stereocenters. The highest BCUT2D eigenvalue weighted by atomic mass is 16.1. The molecule has 0 heterocycles. The molecule has 0 aliphatic rings. The normalized spacial score (nSPS) is 14.7. The van der Waals surface area contributed by atoms with Gasteiger partial charge < -0.3 is 5.32 Å². The second-order valence-electron chi connectivity index (χ2n) is 4.30. The van der Waals surface area contributed by atoms with Gasteiger partial charge in [0.15, 0.2) is 0 Å². The van der Waals surface area contributed by atoms with Crippen LogP contribution in [-0.4, -0.2) is 18.4 Å². The van der Waals surface area contributed by atoms with Crippen LogP contribution in [0.1, 0.15) is 25.0 Å². The molecule has 1 aromatic rings. The van der Waals surface area contributed by atoms with Gasteiger partial charge in [-0.15, -0.1) is 0 Å². The molecule has 1 aromatic carbocycles. The van der Waals surface area contributed by atoms with Crippen molar-refractivity contribution in [2.45, 2.75) is 32.7 Å². The molecular weight excluding hydrogens is 186 g/mol. The summed E-state index contributed by atoms with van der Waals surface area (Å²) >= 11 is 0. The average Bonchev–Trinajstić information content (AvgIpc) is 2.21. The fourth-order valence-corrected chi connectivity index (χ4v) is 1.50. The highest BCUT2D eigenvalue weighted by Crippen LogP contribution is 2.14. The van der Waals surface area contributed by atoms with Gasteiger partial charge in [-0.05, 0) is 39.8 Å². The van der Waals surface area contributed by atoms with E-state index in [-0.39, 0.29) is 5.78 Å². The van der Waals surface area contributed by atoms with E-state index in [2.05, 4.69) is 36.5 Å². The smallest absolute Gasteiger partial charge is 0.149 e. The summed E-state index contributed by atoms with van der Waals surface area (Å²) in [5.74, 6) is 0.172. The Morgan fingerprint density at radius 3 is 2.27 bits per heavy atom. The van der Waals surface area contributed by atoms with Crippen LogP contribution in [0.5, 0.6) is 0 Å². The molecule has 0 spiro atoms. The first-order chi connectivity index (χ1) is 6.98. The van der Waals surface area contributed by atoms with Gasteiger partial charge in [0, 0.05) is 0 Å². The first-order valence-corrected chi connectivity index (χ1v) is 5.23. The second kappa shape index (κ2) is 4.58. The molecule has 0 aliphatic heterocycles. The summed E-state index contributed by atoms with van der Waals surface area (Å²) in [6, 6.07) is 8.30. The van der Waals surface area contributed by atoms with Crippen molar-refractivity contribution in [3.05, 3.63) is 35.4 Å². The molecule has 1 rings (SSSR count). The molecule has 0 saturated carbocycles.